The Balaban J connectivity index is 2.04. The van der Waals surface area contributed by atoms with E-state index in [0.717, 1.165) is 22.9 Å². The van der Waals surface area contributed by atoms with Crippen LogP contribution in [0.2, 0.25) is 0 Å². The van der Waals surface area contributed by atoms with Crippen molar-refractivity contribution in [1.82, 2.24) is 9.97 Å². The summed E-state index contributed by atoms with van der Waals surface area (Å²) in [4.78, 5) is 19.1. The average molecular weight is 336 g/mol. The van der Waals surface area contributed by atoms with Gasteiger partial charge in [0.1, 0.15) is 11.6 Å². The standard InChI is InChI=1S/C19H16N2O4/c1-25-14-7-8-15(12-5-3-2-4-6-12)13(9-14)10-17-20-11-16(22)18(21-17)19(23)24/h2-9,11,22H,10H2,1H3,(H,23,24). The van der Waals surface area contributed by atoms with Crippen molar-refractivity contribution in [3.63, 3.8) is 0 Å². The van der Waals surface area contributed by atoms with Crippen LogP contribution in [-0.2, 0) is 6.42 Å². The summed E-state index contributed by atoms with van der Waals surface area (Å²) in [7, 11) is 1.58. The van der Waals surface area contributed by atoms with Gasteiger partial charge in [0, 0.05) is 6.42 Å². The first-order valence-corrected chi connectivity index (χ1v) is 7.59. The van der Waals surface area contributed by atoms with Gasteiger partial charge >= 0.3 is 5.97 Å². The van der Waals surface area contributed by atoms with E-state index in [0.29, 0.717) is 18.0 Å². The first kappa shape index (κ1) is 16.4. The van der Waals surface area contributed by atoms with Crippen LogP contribution >= 0.6 is 0 Å². The number of carboxylic acids is 1. The summed E-state index contributed by atoms with van der Waals surface area (Å²) >= 11 is 0. The lowest BCUT2D eigenvalue weighted by atomic mass is 9.97. The number of aromatic carboxylic acids is 1. The van der Waals surface area contributed by atoms with Gasteiger partial charge in [0.15, 0.2) is 11.4 Å². The number of aromatic nitrogens is 2. The molecule has 0 saturated carbocycles. The van der Waals surface area contributed by atoms with Gasteiger partial charge in [-0.05, 0) is 28.8 Å². The number of hydrogen-bond acceptors (Lipinski definition) is 5. The number of nitrogens with zero attached hydrogens (tertiary/aromatic N) is 2. The molecule has 0 radical (unpaired) electrons. The summed E-state index contributed by atoms with van der Waals surface area (Å²) in [6.07, 6.45) is 1.41. The van der Waals surface area contributed by atoms with Crippen molar-refractivity contribution in [3.05, 3.63) is 71.8 Å². The van der Waals surface area contributed by atoms with Crippen molar-refractivity contribution in [2.45, 2.75) is 6.42 Å². The number of rotatable bonds is 5. The molecule has 126 valence electrons. The van der Waals surface area contributed by atoms with Gasteiger partial charge < -0.3 is 14.9 Å². The lowest BCUT2D eigenvalue weighted by Gasteiger charge is -2.12. The molecule has 0 spiro atoms. The van der Waals surface area contributed by atoms with Crippen LogP contribution in [0.1, 0.15) is 21.9 Å². The van der Waals surface area contributed by atoms with Crippen LogP contribution in [0, 0.1) is 0 Å². The maximum atomic E-state index is 11.1. The molecular formula is C19H16N2O4. The second kappa shape index (κ2) is 7.00. The molecule has 0 bridgehead atoms. The highest BCUT2D eigenvalue weighted by molar-refractivity contribution is 5.88. The molecule has 0 atom stereocenters. The zero-order valence-corrected chi connectivity index (χ0v) is 13.5. The van der Waals surface area contributed by atoms with E-state index in [4.69, 9.17) is 9.84 Å². The molecule has 2 N–H and O–H groups in total. The van der Waals surface area contributed by atoms with Crippen LogP contribution in [0.3, 0.4) is 0 Å². The molecule has 6 heteroatoms. The van der Waals surface area contributed by atoms with E-state index in [1.807, 2.05) is 48.5 Å². The fraction of sp³-hybridized carbons (Fsp3) is 0.105. The highest BCUT2D eigenvalue weighted by Crippen LogP contribution is 2.29. The molecule has 6 nitrogen and oxygen atoms in total. The predicted octanol–water partition coefficient (Wildman–Crippen LogP) is 3.15. The smallest absolute Gasteiger partial charge is 0.358 e. The molecule has 1 heterocycles. The SMILES string of the molecule is COc1ccc(-c2ccccc2)c(Cc2ncc(O)c(C(=O)O)n2)c1. The number of hydrogen-bond donors (Lipinski definition) is 2. The Morgan fingerprint density at radius 3 is 2.60 bits per heavy atom. The largest absolute Gasteiger partial charge is 0.504 e. The third kappa shape index (κ3) is 3.58. The zero-order chi connectivity index (χ0) is 17.8. The molecule has 0 aliphatic rings. The van der Waals surface area contributed by atoms with E-state index in [2.05, 4.69) is 9.97 Å². The van der Waals surface area contributed by atoms with E-state index < -0.39 is 17.4 Å². The Kier molecular flexibility index (Phi) is 4.61. The van der Waals surface area contributed by atoms with E-state index in [1.54, 1.807) is 7.11 Å². The molecule has 0 fully saturated rings. The van der Waals surface area contributed by atoms with Crippen LogP contribution in [0.15, 0.2) is 54.7 Å². The molecular weight excluding hydrogens is 320 g/mol. The van der Waals surface area contributed by atoms with Crippen molar-refractivity contribution in [1.29, 1.82) is 0 Å². The van der Waals surface area contributed by atoms with Crippen molar-refractivity contribution in [2.24, 2.45) is 0 Å². The molecule has 0 amide bonds. The Hall–Kier alpha value is -3.41. The summed E-state index contributed by atoms with van der Waals surface area (Å²) in [5, 5.41) is 18.7. The number of benzene rings is 2. The summed E-state index contributed by atoms with van der Waals surface area (Å²) in [6.45, 7) is 0. The Bertz CT molecular complexity index is 911. The molecule has 3 aromatic rings. The van der Waals surface area contributed by atoms with Gasteiger partial charge in [0.2, 0.25) is 0 Å². The molecule has 25 heavy (non-hydrogen) atoms. The zero-order valence-electron chi connectivity index (χ0n) is 13.5. The van der Waals surface area contributed by atoms with Gasteiger partial charge in [-0.25, -0.2) is 14.8 Å². The summed E-state index contributed by atoms with van der Waals surface area (Å²) in [5.74, 6) is -0.757. The van der Waals surface area contributed by atoms with Crippen LogP contribution in [0.4, 0.5) is 0 Å². The van der Waals surface area contributed by atoms with E-state index in [-0.39, 0.29) is 0 Å². The van der Waals surface area contributed by atoms with Crippen LogP contribution in [0.5, 0.6) is 11.5 Å². The van der Waals surface area contributed by atoms with Gasteiger partial charge in [-0.15, -0.1) is 0 Å². The Morgan fingerprint density at radius 2 is 1.92 bits per heavy atom. The van der Waals surface area contributed by atoms with Gasteiger partial charge in [-0.3, -0.25) is 0 Å². The number of aromatic hydroxyl groups is 1. The molecule has 2 aromatic carbocycles. The molecule has 0 saturated heterocycles. The van der Waals surface area contributed by atoms with E-state index >= 15 is 0 Å². The van der Waals surface area contributed by atoms with Crippen molar-refractivity contribution in [3.8, 4) is 22.6 Å². The minimum absolute atomic E-state index is 0.306. The Morgan fingerprint density at radius 1 is 1.16 bits per heavy atom. The topological polar surface area (TPSA) is 92.5 Å². The normalized spacial score (nSPS) is 10.4. The highest BCUT2D eigenvalue weighted by atomic mass is 16.5. The number of carbonyl (C=O) groups is 1. The van der Waals surface area contributed by atoms with E-state index in [1.165, 1.54) is 0 Å². The number of ether oxygens (including phenoxy) is 1. The van der Waals surface area contributed by atoms with Crippen molar-refractivity contribution in [2.75, 3.05) is 7.11 Å². The Labute approximate surface area is 144 Å². The second-order valence-corrected chi connectivity index (χ2v) is 5.39. The number of methoxy groups -OCH3 is 1. The molecule has 3 rings (SSSR count). The average Bonchev–Trinajstić information content (AvgIpc) is 2.63. The fourth-order valence-corrected chi connectivity index (χ4v) is 2.57. The lowest BCUT2D eigenvalue weighted by molar-refractivity contribution is 0.0686. The van der Waals surface area contributed by atoms with Gasteiger partial charge in [0.05, 0.1) is 13.3 Å². The van der Waals surface area contributed by atoms with Crippen molar-refractivity contribution < 1.29 is 19.7 Å². The summed E-state index contributed by atoms with van der Waals surface area (Å²) in [6, 6.07) is 15.5. The first-order valence-electron chi connectivity index (χ1n) is 7.59. The predicted molar refractivity (Wildman–Crippen MR) is 91.9 cm³/mol. The lowest BCUT2D eigenvalue weighted by Crippen LogP contribution is -2.06. The van der Waals surface area contributed by atoms with Gasteiger partial charge in [-0.2, -0.15) is 0 Å². The number of carboxylic acid groups (broad SMARTS) is 1. The fourth-order valence-electron chi connectivity index (χ4n) is 2.57. The van der Waals surface area contributed by atoms with Gasteiger partial charge in [-0.1, -0.05) is 36.4 Å². The second-order valence-electron chi connectivity index (χ2n) is 5.39. The van der Waals surface area contributed by atoms with E-state index in [9.17, 15) is 9.90 Å². The molecule has 1 aromatic heterocycles. The summed E-state index contributed by atoms with van der Waals surface area (Å²) in [5.41, 5.74) is 2.49. The molecule has 0 aliphatic carbocycles. The minimum Gasteiger partial charge on any atom is -0.504 e. The maximum absolute atomic E-state index is 11.1. The maximum Gasteiger partial charge on any atom is 0.358 e. The third-order valence-corrected chi connectivity index (χ3v) is 3.77. The quantitative estimate of drug-likeness (QED) is 0.743. The highest BCUT2D eigenvalue weighted by Gasteiger charge is 2.15. The third-order valence-electron chi connectivity index (χ3n) is 3.77. The van der Waals surface area contributed by atoms with Crippen LogP contribution in [0.25, 0.3) is 11.1 Å². The summed E-state index contributed by atoms with van der Waals surface area (Å²) < 4.78 is 5.29. The first-order chi connectivity index (χ1) is 12.1. The molecule has 0 aliphatic heterocycles. The van der Waals surface area contributed by atoms with Crippen LogP contribution in [-0.4, -0.2) is 33.3 Å². The minimum atomic E-state index is -1.30. The monoisotopic (exact) mass is 336 g/mol. The van der Waals surface area contributed by atoms with Gasteiger partial charge in [0.25, 0.3) is 0 Å². The van der Waals surface area contributed by atoms with Crippen molar-refractivity contribution >= 4 is 5.97 Å². The molecule has 0 unspecified atom stereocenters. The van der Waals surface area contributed by atoms with Crippen LogP contribution < -0.4 is 4.74 Å².